The molecule has 0 atom stereocenters. The summed E-state index contributed by atoms with van der Waals surface area (Å²) in [4.78, 5) is 22.5. The predicted octanol–water partition coefficient (Wildman–Crippen LogP) is 5.05. The number of rotatable bonds is 4. The van der Waals surface area contributed by atoms with Gasteiger partial charge in [-0.1, -0.05) is 24.3 Å². The van der Waals surface area contributed by atoms with Crippen molar-refractivity contribution in [1.82, 2.24) is 14.5 Å². The molecule has 0 bridgehead atoms. The Bertz CT molecular complexity index is 1250. The SMILES string of the molecule is COc1ccc(-c2c(C(=O)N3CCN(c4ccccn4)CC3)c3ccccc3n2C)cc1.Cl.Cl. The second-order valence-corrected chi connectivity index (χ2v) is 8.00. The number of ether oxygens (including phenoxy) is 1. The molecule has 5 rings (SSSR count). The maximum absolute atomic E-state index is 13.8. The number of pyridine rings is 1. The molecule has 34 heavy (non-hydrogen) atoms. The van der Waals surface area contributed by atoms with E-state index in [1.807, 2.05) is 78.8 Å². The summed E-state index contributed by atoms with van der Waals surface area (Å²) in [5, 5.41) is 0.984. The highest BCUT2D eigenvalue weighted by atomic mass is 35.5. The first-order chi connectivity index (χ1) is 15.7. The van der Waals surface area contributed by atoms with E-state index >= 15 is 0 Å². The maximum atomic E-state index is 13.8. The van der Waals surface area contributed by atoms with Crippen molar-refractivity contribution >= 4 is 47.4 Å². The van der Waals surface area contributed by atoms with Crippen molar-refractivity contribution in [3.8, 4) is 17.0 Å². The lowest BCUT2D eigenvalue weighted by Gasteiger charge is -2.35. The van der Waals surface area contributed by atoms with E-state index in [4.69, 9.17) is 4.74 Å². The van der Waals surface area contributed by atoms with Crippen LogP contribution >= 0.6 is 24.8 Å². The Balaban J connectivity index is 0.00000162. The maximum Gasteiger partial charge on any atom is 0.256 e. The van der Waals surface area contributed by atoms with E-state index in [-0.39, 0.29) is 30.7 Å². The standard InChI is InChI=1S/C26H26N4O2.2ClH/c1-28-22-8-4-3-7-21(22)24(25(28)19-10-12-20(32-2)13-11-19)26(31)30-17-15-29(16-18-30)23-9-5-6-14-27-23;;/h3-14H,15-18H2,1-2H3;2*1H. The number of aromatic nitrogens is 2. The Labute approximate surface area is 212 Å². The highest BCUT2D eigenvalue weighted by Crippen LogP contribution is 2.35. The van der Waals surface area contributed by atoms with Crippen molar-refractivity contribution in [2.75, 3.05) is 38.2 Å². The average molecular weight is 499 g/mol. The molecule has 178 valence electrons. The number of para-hydroxylation sites is 1. The van der Waals surface area contributed by atoms with Crippen LogP contribution in [-0.4, -0.2) is 53.6 Å². The van der Waals surface area contributed by atoms with Crippen molar-refractivity contribution in [1.29, 1.82) is 0 Å². The van der Waals surface area contributed by atoms with E-state index in [0.717, 1.165) is 52.4 Å². The number of nitrogens with zero attached hydrogens (tertiary/aromatic N) is 4. The molecule has 0 aliphatic carbocycles. The van der Waals surface area contributed by atoms with Gasteiger partial charge in [-0.15, -0.1) is 24.8 Å². The van der Waals surface area contributed by atoms with Gasteiger partial charge in [0.25, 0.3) is 5.91 Å². The van der Waals surface area contributed by atoms with E-state index in [1.54, 1.807) is 7.11 Å². The number of amides is 1. The third-order valence-electron chi connectivity index (χ3n) is 6.22. The number of anilines is 1. The van der Waals surface area contributed by atoms with Gasteiger partial charge < -0.3 is 19.1 Å². The van der Waals surface area contributed by atoms with Crippen LogP contribution in [0.2, 0.25) is 0 Å². The second-order valence-electron chi connectivity index (χ2n) is 8.00. The molecular weight excluding hydrogens is 471 g/mol. The van der Waals surface area contributed by atoms with E-state index in [2.05, 4.69) is 20.5 Å². The molecule has 2 aromatic heterocycles. The van der Waals surface area contributed by atoms with Gasteiger partial charge in [0.05, 0.1) is 18.4 Å². The van der Waals surface area contributed by atoms with Gasteiger partial charge in [0.1, 0.15) is 11.6 Å². The number of benzene rings is 2. The van der Waals surface area contributed by atoms with Crippen LogP contribution in [0.3, 0.4) is 0 Å². The van der Waals surface area contributed by atoms with Crippen molar-refractivity contribution in [2.45, 2.75) is 0 Å². The molecular formula is C26H28Cl2N4O2. The van der Waals surface area contributed by atoms with Crippen molar-refractivity contribution in [2.24, 2.45) is 7.05 Å². The number of methoxy groups -OCH3 is 1. The van der Waals surface area contributed by atoms with E-state index in [0.29, 0.717) is 13.1 Å². The highest BCUT2D eigenvalue weighted by molar-refractivity contribution is 6.12. The molecule has 1 aliphatic rings. The molecule has 3 heterocycles. The molecule has 1 amide bonds. The Morgan fingerprint density at radius 2 is 1.56 bits per heavy atom. The zero-order chi connectivity index (χ0) is 22.1. The summed E-state index contributed by atoms with van der Waals surface area (Å²) in [6, 6.07) is 22.0. The minimum Gasteiger partial charge on any atom is -0.497 e. The first-order valence-electron chi connectivity index (χ1n) is 10.8. The summed E-state index contributed by atoms with van der Waals surface area (Å²) < 4.78 is 7.44. The lowest BCUT2D eigenvalue weighted by atomic mass is 10.0. The van der Waals surface area contributed by atoms with Gasteiger partial charge >= 0.3 is 0 Å². The van der Waals surface area contributed by atoms with Crippen LogP contribution in [0.5, 0.6) is 5.75 Å². The fourth-order valence-electron chi connectivity index (χ4n) is 4.53. The van der Waals surface area contributed by atoms with Crippen LogP contribution in [0, 0.1) is 0 Å². The third kappa shape index (κ3) is 4.56. The second kappa shape index (κ2) is 10.8. The molecule has 0 radical (unpaired) electrons. The molecule has 1 saturated heterocycles. The number of piperazine rings is 1. The lowest BCUT2D eigenvalue weighted by Crippen LogP contribution is -2.49. The number of carbonyl (C=O) groups is 1. The van der Waals surface area contributed by atoms with Gasteiger partial charge in [-0.3, -0.25) is 4.79 Å². The van der Waals surface area contributed by atoms with Gasteiger partial charge in [-0.05, 0) is 48.0 Å². The average Bonchev–Trinajstić information content (AvgIpc) is 3.16. The van der Waals surface area contributed by atoms with Crippen molar-refractivity contribution in [3.63, 3.8) is 0 Å². The normalized spacial score (nSPS) is 13.2. The minimum atomic E-state index is 0. The fraction of sp³-hybridized carbons (Fsp3) is 0.231. The summed E-state index contributed by atoms with van der Waals surface area (Å²) in [5.41, 5.74) is 3.75. The first kappa shape index (κ1) is 25.4. The first-order valence-corrected chi connectivity index (χ1v) is 10.8. The topological polar surface area (TPSA) is 50.6 Å². The molecule has 2 aromatic carbocycles. The van der Waals surface area contributed by atoms with E-state index < -0.39 is 0 Å². The smallest absolute Gasteiger partial charge is 0.256 e. The summed E-state index contributed by atoms with van der Waals surface area (Å²) in [5.74, 6) is 1.84. The number of hydrogen-bond donors (Lipinski definition) is 0. The van der Waals surface area contributed by atoms with Crippen LogP contribution in [-0.2, 0) is 7.05 Å². The predicted molar refractivity (Wildman–Crippen MR) is 142 cm³/mol. The summed E-state index contributed by atoms with van der Waals surface area (Å²) >= 11 is 0. The minimum absolute atomic E-state index is 0. The monoisotopic (exact) mass is 498 g/mol. The van der Waals surface area contributed by atoms with Crippen molar-refractivity contribution < 1.29 is 9.53 Å². The van der Waals surface area contributed by atoms with Crippen LogP contribution < -0.4 is 9.64 Å². The summed E-state index contributed by atoms with van der Waals surface area (Å²) in [7, 11) is 3.68. The number of carbonyl (C=O) groups excluding carboxylic acids is 1. The number of fused-ring (bicyclic) bond motifs is 1. The van der Waals surface area contributed by atoms with Crippen LogP contribution in [0.15, 0.2) is 72.9 Å². The molecule has 0 spiro atoms. The highest BCUT2D eigenvalue weighted by Gasteiger charge is 2.28. The molecule has 4 aromatic rings. The van der Waals surface area contributed by atoms with Gasteiger partial charge in [0.15, 0.2) is 0 Å². The van der Waals surface area contributed by atoms with E-state index in [9.17, 15) is 4.79 Å². The Morgan fingerprint density at radius 3 is 2.21 bits per heavy atom. The number of hydrogen-bond acceptors (Lipinski definition) is 4. The zero-order valence-electron chi connectivity index (χ0n) is 19.2. The van der Waals surface area contributed by atoms with Gasteiger partial charge in [-0.25, -0.2) is 4.98 Å². The number of halogens is 2. The summed E-state index contributed by atoms with van der Waals surface area (Å²) in [6.07, 6.45) is 1.81. The number of aryl methyl sites for hydroxylation is 1. The van der Waals surface area contributed by atoms with E-state index in [1.165, 1.54) is 0 Å². The molecule has 0 N–H and O–H groups in total. The molecule has 8 heteroatoms. The lowest BCUT2D eigenvalue weighted by molar-refractivity contribution is 0.0749. The quantitative estimate of drug-likeness (QED) is 0.394. The van der Waals surface area contributed by atoms with Gasteiger partial charge in [0, 0.05) is 50.3 Å². The third-order valence-corrected chi connectivity index (χ3v) is 6.22. The van der Waals surface area contributed by atoms with Crippen LogP contribution in [0.4, 0.5) is 5.82 Å². The largest absolute Gasteiger partial charge is 0.497 e. The van der Waals surface area contributed by atoms with Crippen LogP contribution in [0.1, 0.15) is 10.4 Å². The molecule has 6 nitrogen and oxygen atoms in total. The molecule has 1 fully saturated rings. The Kier molecular flexibility index (Phi) is 8.07. The molecule has 0 unspecified atom stereocenters. The van der Waals surface area contributed by atoms with Crippen molar-refractivity contribution in [3.05, 3.63) is 78.5 Å². The Hall–Kier alpha value is -3.22. The van der Waals surface area contributed by atoms with Crippen LogP contribution in [0.25, 0.3) is 22.2 Å². The van der Waals surface area contributed by atoms with Gasteiger partial charge in [0.2, 0.25) is 0 Å². The van der Waals surface area contributed by atoms with Gasteiger partial charge in [-0.2, -0.15) is 0 Å². The molecule has 1 aliphatic heterocycles. The fourth-order valence-corrected chi connectivity index (χ4v) is 4.53. The summed E-state index contributed by atoms with van der Waals surface area (Å²) in [6.45, 7) is 2.87. The Morgan fingerprint density at radius 1 is 0.882 bits per heavy atom. The zero-order valence-corrected chi connectivity index (χ0v) is 20.8. The molecule has 0 saturated carbocycles.